The van der Waals surface area contributed by atoms with E-state index in [2.05, 4.69) is 11.8 Å². The molecule has 1 heterocycles. The van der Waals surface area contributed by atoms with Crippen LogP contribution in [0, 0.1) is 0 Å². The third-order valence-corrected chi connectivity index (χ3v) is 3.96. The summed E-state index contributed by atoms with van der Waals surface area (Å²) in [4.78, 5) is 2.62. The van der Waals surface area contributed by atoms with Crippen LogP contribution in [0.3, 0.4) is 0 Å². The second-order valence-electron chi connectivity index (χ2n) is 5.65. The second kappa shape index (κ2) is 10.7. The molecule has 0 aliphatic carbocycles. The fourth-order valence-corrected chi connectivity index (χ4v) is 2.83. The standard InChI is InChI=1S/C15H32BNO2/c1-4-18-16(19-5-2)15(3)11-7-10-14-17-12-8-6-9-13-17/h15H,4-14H2,1-3H3. The van der Waals surface area contributed by atoms with Crippen LogP contribution >= 0.6 is 0 Å². The van der Waals surface area contributed by atoms with E-state index in [-0.39, 0.29) is 7.12 Å². The lowest BCUT2D eigenvalue weighted by molar-refractivity contribution is 0.201. The number of rotatable bonds is 10. The highest BCUT2D eigenvalue weighted by atomic mass is 16.6. The average molecular weight is 269 g/mol. The van der Waals surface area contributed by atoms with Gasteiger partial charge in [0.2, 0.25) is 0 Å². The molecule has 1 fully saturated rings. The first-order chi connectivity index (χ1) is 9.27. The van der Waals surface area contributed by atoms with Crippen molar-refractivity contribution in [3.8, 4) is 0 Å². The first-order valence-corrected chi connectivity index (χ1v) is 8.23. The van der Waals surface area contributed by atoms with Crippen molar-refractivity contribution in [3.05, 3.63) is 0 Å². The Morgan fingerprint density at radius 2 is 1.63 bits per heavy atom. The molecular formula is C15H32BNO2. The van der Waals surface area contributed by atoms with E-state index in [0.29, 0.717) is 5.82 Å². The van der Waals surface area contributed by atoms with Crippen LogP contribution in [-0.2, 0) is 9.31 Å². The lowest BCUT2D eigenvalue weighted by Gasteiger charge is -2.26. The van der Waals surface area contributed by atoms with Gasteiger partial charge < -0.3 is 14.2 Å². The molecule has 3 nitrogen and oxygen atoms in total. The Labute approximate surface area is 120 Å². The molecule has 0 N–H and O–H groups in total. The van der Waals surface area contributed by atoms with Crippen molar-refractivity contribution in [2.24, 2.45) is 0 Å². The smallest absolute Gasteiger partial charge is 0.411 e. The van der Waals surface area contributed by atoms with E-state index in [1.165, 1.54) is 58.2 Å². The highest BCUT2D eigenvalue weighted by Crippen LogP contribution is 2.20. The monoisotopic (exact) mass is 269 g/mol. The Morgan fingerprint density at radius 3 is 2.21 bits per heavy atom. The molecule has 112 valence electrons. The van der Waals surface area contributed by atoms with E-state index in [1.54, 1.807) is 0 Å². The van der Waals surface area contributed by atoms with Gasteiger partial charge in [0.25, 0.3) is 0 Å². The molecule has 0 saturated carbocycles. The van der Waals surface area contributed by atoms with Gasteiger partial charge in [0.05, 0.1) is 0 Å². The van der Waals surface area contributed by atoms with E-state index in [1.807, 2.05) is 13.8 Å². The third-order valence-electron chi connectivity index (χ3n) is 3.96. The molecule has 4 heteroatoms. The van der Waals surface area contributed by atoms with Crippen LogP contribution in [0.4, 0.5) is 0 Å². The molecule has 0 aromatic carbocycles. The van der Waals surface area contributed by atoms with Gasteiger partial charge in [-0.3, -0.25) is 0 Å². The first-order valence-electron chi connectivity index (χ1n) is 8.23. The van der Waals surface area contributed by atoms with Crippen LogP contribution in [-0.4, -0.2) is 44.9 Å². The maximum absolute atomic E-state index is 5.66. The largest absolute Gasteiger partial charge is 0.459 e. The lowest BCUT2D eigenvalue weighted by atomic mass is 9.70. The van der Waals surface area contributed by atoms with E-state index in [9.17, 15) is 0 Å². The van der Waals surface area contributed by atoms with Gasteiger partial charge in [-0.05, 0) is 58.6 Å². The van der Waals surface area contributed by atoms with Crippen LogP contribution < -0.4 is 0 Å². The zero-order chi connectivity index (χ0) is 13.9. The lowest BCUT2D eigenvalue weighted by Crippen LogP contribution is -2.31. The van der Waals surface area contributed by atoms with Crippen molar-refractivity contribution in [2.45, 2.75) is 65.1 Å². The fraction of sp³-hybridized carbons (Fsp3) is 1.00. The summed E-state index contributed by atoms with van der Waals surface area (Å²) in [6.07, 6.45) is 8.03. The number of unbranched alkanes of at least 4 members (excludes halogenated alkanes) is 1. The molecule has 1 aliphatic rings. The average Bonchev–Trinajstić information content (AvgIpc) is 2.44. The highest BCUT2D eigenvalue weighted by molar-refractivity contribution is 6.46. The minimum absolute atomic E-state index is 0.00927. The summed E-state index contributed by atoms with van der Waals surface area (Å²) in [5, 5.41) is 0. The molecule has 1 unspecified atom stereocenters. The molecule has 0 spiro atoms. The van der Waals surface area contributed by atoms with Crippen LogP contribution in [0.25, 0.3) is 0 Å². The summed E-state index contributed by atoms with van der Waals surface area (Å²) in [6, 6.07) is 0. The molecule has 0 amide bonds. The number of hydrogen-bond donors (Lipinski definition) is 0. The molecular weight excluding hydrogens is 237 g/mol. The summed E-state index contributed by atoms with van der Waals surface area (Å²) in [7, 11) is -0.00927. The normalized spacial score (nSPS) is 18.5. The van der Waals surface area contributed by atoms with E-state index in [4.69, 9.17) is 9.31 Å². The number of nitrogens with zero attached hydrogens (tertiary/aromatic N) is 1. The van der Waals surface area contributed by atoms with Crippen LogP contribution in [0.5, 0.6) is 0 Å². The molecule has 1 rings (SSSR count). The van der Waals surface area contributed by atoms with E-state index >= 15 is 0 Å². The van der Waals surface area contributed by atoms with Gasteiger partial charge >= 0.3 is 7.12 Å². The van der Waals surface area contributed by atoms with Crippen molar-refractivity contribution >= 4 is 7.12 Å². The van der Waals surface area contributed by atoms with E-state index < -0.39 is 0 Å². The predicted octanol–water partition coefficient (Wildman–Crippen LogP) is 3.59. The van der Waals surface area contributed by atoms with Gasteiger partial charge in [0.1, 0.15) is 0 Å². The van der Waals surface area contributed by atoms with Gasteiger partial charge in [0, 0.05) is 13.2 Å². The summed E-state index contributed by atoms with van der Waals surface area (Å²) < 4.78 is 11.3. The number of likely N-dealkylation sites (tertiary alicyclic amines) is 1. The Kier molecular flexibility index (Phi) is 9.57. The van der Waals surface area contributed by atoms with Crippen molar-refractivity contribution < 1.29 is 9.31 Å². The highest BCUT2D eigenvalue weighted by Gasteiger charge is 2.25. The van der Waals surface area contributed by atoms with Gasteiger partial charge in [-0.25, -0.2) is 0 Å². The zero-order valence-corrected chi connectivity index (χ0v) is 13.2. The summed E-state index contributed by atoms with van der Waals surface area (Å²) in [6.45, 7) is 11.7. The molecule has 19 heavy (non-hydrogen) atoms. The SMILES string of the molecule is CCOB(OCC)C(C)CCCCN1CCCCC1. The fourth-order valence-electron chi connectivity index (χ4n) is 2.83. The maximum Gasteiger partial charge on any atom is 0.459 e. The molecule has 1 aliphatic heterocycles. The Morgan fingerprint density at radius 1 is 1.00 bits per heavy atom. The molecule has 0 radical (unpaired) electrons. The number of hydrogen-bond acceptors (Lipinski definition) is 3. The summed E-state index contributed by atoms with van der Waals surface area (Å²) >= 11 is 0. The summed E-state index contributed by atoms with van der Waals surface area (Å²) in [5.74, 6) is 0.501. The van der Waals surface area contributed by atoms with Gasteiger partial charge in [0.15, 0.2) is 0 Å². The Balaban J connectivity index is 2.08. The quantitative estimate of drug-likeness (QED) is 0.447. The molecule has 1 saturated heterocycles. The molecule has 0 aromatic rings. The Hall–Kier alpha value is -0.0551. The van der Waals surface area contributed by atoms with Crippen LogP contribution in [0.2, 0.25) is 5.82 Å². The Bertz CT molecular complexity index is 204. The second-order valence-corrected chi connectivity index (χ2v) is 5.65. The van der Waals surface area contributed by atoms with Crippen molar-refractivity contribution in [2.75, 3.05) is 32.8 Å². The number of piperidine rings is 1. The minimum Gasteiger partial charge on any atom is -0.411 e. The third kappa shape index (κ3) is 7.33. The van der Waals surface area contributed by atoms with Crippen LogP contribution in [0.15, 0.2) is 0 Å². The maximum atomic E-state index is 5.66. The predicted molar refractivity (Wildman–Crippen MR) is 82.6 cm³/mol. The topological polar surface area (TPSA) is 21.7 Å². The molecule has 1 atom stereocenters. The minimum atomic E-state index is -0.00927. The van der Waals surface area contributed by atoms with Crippen molar-refractivity contribution in [1.82, 2.24) is 4.90 Å². The first kappa shape index (κ1) is 17.0. The van der Waals surface area contributed by atoms with Gasteiger partial charge in [-0.1, -0.05) is 26.2 Å². The van der Waals surface area contributed by atoms with Crippen molar-refractivity contribution in [3.63, 3.8) is 0 Å². The van der Waals surface area contributed by atoms with Crippen LogP contribution in [0.1, 0.15) is 59.3 Å². The molecule has 0 aromatic heterocycles. The molecule has 0 bridgehead atoms. The summed E-state index contributed by atoms with van der Waals surface area (Å²) in [5.41, 5.74) is 0. The van der Waals surface area contributed by atoms with Gasteiger partial charge in [-0.15, -0.1) is 0 Å². The van der Waals surface area contributed by atoms with Gasteiger partial charge in [-0.2, -0.15) is 0 Å². The van der Waals surface area contributed by atoms with Crippen molar-refractivity contribution in [1.29, 1.82) is 0 Å². The van der Waals surface area contributed by atoms with E-state index in [0.717, 1.165) is 13.2 Å². The zero-order valence-electron chi connectivity index (χ0n) is 13.2.